The molecule has 7 heteroatoms. The van der Waals surface area contributed by atoms with Crippen LogP contribution in [0.5, 0.6) is 11.5 Å². The van der Waals surface area contributed by atoms with Gasteiger partial charge in [-0.2, -0.15) is 5.26 Å². The van der Waals surface area contributed by atoms with Gasteiger partial charge in [0, 0.05) is 0 Å². The Labute approximate surface area is 188 Å². The van der Waals surface area contributed by atoms with Gasteiger partial charge in [0.2, 0.25) is 0 Å². The number of rotatable bonds is 6. The highest BCUT2D eigenvalue weighted by Gasteiger charge is 2.16. The largest absolute Gasteiger partial charge is 0.493 e. The summed E-state index contributed by atoms with van der Waals surface area (Å²) in [4.78, 5) is 13.1. The van der Waals surface area contributed by atoms with E-state index in [4.69, 9.17) is 24.7 Å². The van der Waals surface area contributed by atoms with E-state index < -0.39 is 0 Å². The smallest absolute Gasteiger partial charge is 0.174 e. The van der Waals surface area contributed by atoms with Gasteiger partial charge in [-0.3, -0.25) is 0 Å². The predicted octanol–water partition coefficient (Wildman–Crippen LogP) is 5.67. The highest BCUT2D eigenvalue weighted by Crippen LogP contribution is 2.34. The van der Waals surface area contributed by atoms with Crippen molar-refractivity contribution in [3.05, 3.63) is 83.1 Å². The third-order valence-electron chi connectivity index (χ3n) is 4.96. The number of nitrogens with zero attached hydrogens (tertiary/aromatic N) is 3. The fraction of sp³-hybridized carbons (Fsp3) is 0.0800. The number of ether oxygens (including phenoxy) is 2. The summed E-state index contributed by atoms with van der Waals surface area (Å²) in [6.07, 6.45) is 2.03. The molecule has 0 fully saturated rings. The zero-order valence-corrected chi connectivity index (χ0v) is 18.0. The van der Waals surface area contributed by atoms with Crippen LogP contribution >= 0.6 is 11.3 Å². The molecule has 2 heterocycles. The number of nitrogens with one attached hydrogen (secondary N) is 1. The first kappa shape index (κ1) is 19.8. The highest BCUT2D eigenvalue weighted by molar-refractivity contribution is 7.19. The number of thiazole rings is 1. The Morgan fingerprint density at radius 2 is 1.84 bits per heavy atom. The van der Waals surface area contributed by atoms with Gasteiger partial charge in [0.25, 0.3) is 0 Å². The lowest BCUT2D eigenvalue weighted by molar-refractivity contribution is 0.329. The van der Waals surface area contributed by atoms with Gasteiger partial charge in [0.1, 0.15) is 16.9 Å². The van der Waals surface area contributed by atoms with Gasteiger partial charge in [-0.05, 0) is 48.0 Å². The number of methoxy groups -OCH3 is 1. The van der Waals surface area contributed by atoms with Crippen molar-refractivity contribution in [1.29, 1.82) is 5.26 Å². The monoisotopic (exact) mass is 438 g/mol. The second-order valence-corrected chi connectivity index (χ2v) is 8.04. The molecule has 1 N–H and O–H groups in total. The van der Waals surface area contributed by atoms with Gasteiger partial charge < -0.3 is 14.5 Å². The highest BCUT2D eigenvalue weighted by atomic mass is 32.1. The summed E-state index contributed by atoms with van der Waals surface area (Å²) >= 11 is 1.62. The molecule has 2 aromatic heterocycles. The minimum absolute atomic E-state index is 0.0402. The molecule has 156 valence electrons. The standard InChI is InChI=1S/C25H18N4O2S/c1-30-22-15-16(10-11-21(22)31-13-12-26)14-17(24-27-18-6-2-3-7-19(18)28-24)25-29-20-8-4-5-9-23(20)32-25/h2-11,14-15H,13H2,1H3,(H,27,28)/b17-14-. The predicted molar refractivity (Wildman–Crippen MR) is 127 cm³/mol. The average Bonchev–Trinajstić information content (AvgIpc) is 3.45. The third-order valence-corrected chi connectivity index (χ3v) is 6.03. The first-order valence-corrected chi connectivity index (χ1v) is 10.8. The first-order chi connectivity index (χ1) is 15.7. The van der Waals surface area contributed by atoms with Crippen LogP contribution in [0.15, 0.2) is 66.7 Å². The molecule has 0 spiro atoms. The molecule has 0 aliphatic rings. The fourth-order valence-electron chi connectivity index (χ4n) is 3.47. The van der Waals surface area contributed by atoms with Crippen molar-refractivity contribution in [3.63, 3.8) is 0 Å². The van der Waals surface area contributed by atoms with Gasteiger partial charge in [0.15, 0.2) is 18.1 Å². The second-order valence-electron chi connectivity index (χ2n) is 7.00. The van der Waals surface area contributed by atoms with Crippen molar-refractivity contribution in [2.24, 2.45) is 0 Å². The van der Waals surface area contributed by atoms with Crippen LogP contribution in [0.3, 0.4) is 0 Å². The Bertz CT molecular complexity index is 1350. The number of nitriles is 1. The third kappa shape index (κ3) is 3.80. The van der Waals surface area contributed by atoms with Crippen LogP contribution < -0.4 is 9.47 Å². The van der Waals surface area contributed by atoms with Crippen LogP contribution in [0.1, 0.15) is 16.4 Å². The van der Waals surface area contributed by atoms with Crippen LogP contribution in [0, 0.1) is 11.3 Å². The molecule has 3 aromatic carbocycles. The number of H-pyrrole nitrogens is 1. The molecule has 0 atom stereocenters. The van der Waals surface area contributed by atoms with Crippen LogP contribution in [-0.2, 0) is 0 Å². The summed E-state index contributed by atoms with van der Waals surface area (Å²) in [6.45, 7) is -0.0402. The number of fused-ring (bicyclic) bond motifs is 2. The number of hydrogen-bond donors (Lipinski definition) is 1. The Kier molecular flexibility index (Phi) is 5.28. The molecular formula is C25H18N4O2S. The van der Waals surface area contributed by atoms with E-state index in [1.807, 2.05) is 66.7 Å². The summed E-state index contributed by atoms with van der Waals surface area (Å²) in [5.74, 6) is 1.83. The van der Waals surface area contributed by atoms with Gasteiger partial charge in [-0.25, -0.2) is 9.97 Å². The van der Waals surface area contributed by atoms with Crippen molar-refractivity contribution in [2.45, 2.75) is 0 Å². The molecule has 0 saturated heterocycles. The molecule has 0 radical (unpaired) electrons. The normalized spacial score (nSPS) is 11.6. The molecule has 6 nitrogen and oxygen atoms in total. The summed E-state index contributed by atoms with van der Waals surface area (Å²) in [7, 11) is 1.58. The molecule has 0 amide bonds. The number of aromatic amines is 1. The van der Waals surface area contributed by atoms with Gasteiger partial charge in [-0.15, -0.1) is 11.3 Å². The van der Waals surface area contributed by atoms with Crippen LogP contribution in [0.2, 0.25) is 0 Å². The van der Waals surface area contributed by atoms with Crippen LogP contribution in [0.25, 0.3) is 32.9 Å². The number of imidazole rings is 1. The fourth-order valence-corrected chi connectivity index (χ4v) is 4.45. The van der Waals surface area contributed by atoms with E-state index in [2.05, 4.69) is 11.1 Å². The maximum atomic E-state index is 8.80. The zero-order chi connectivity index (χ0) is 21.9. The van der Waals surface area contributed by atoms with Crippen molar-refractivity contribution in [3.8, 4) is 17.6 Å². The molecule has 5 aromatic rings. The van der Waals surface area contributed by atoms with E-state index in [1.54, 1.807) is 24.5 Å². The van der Waals surface area contributed by atoms with Crippen LogP contribution in [-0.4, -0.2) is 28.7 Å². The summed E-state index contributed by atoms with van der Waals surface area (Å²) in [5, 5.41) is 9.66. The Hall–Kier alpha value is -4.15. The molecule has 0 saturated carbocycles. The molecule has 0 aliphatic carbocycles. The van der Waals surface area contributed by atoms with E-state index in [1.165, 1.54) is 0 Å². The van der Waals surface area contributed by atoms with Crippen molar-refractivity contribution in [2.75, 3.05) is 13.7 Å². The topological polar surface area (TPSA) is 83.8 Å². The maximum absolute atomic E-state index is 8.80. The van der Waals surface area contributed by atoms with E-state index >= 15 is 0 Å². The number of hydrogen-bond acceptors (Lipinski definition) is 6. The Morgan fingerprint density at radius 3 is 2.62 bits per heavy atom. The summed E-state index contributed by atoms with van der Waals surface area (Å²) in [5.41, 5.74) is 4.60. The molecule has 0 unspecified atom stereocenters. The minimum Gasteiger partial charge on any atom is -0.493 e. The van der Waals surface area contributed by atoms with Crippen molar-refractivity contribution in [1.82, 2.24) is 15.0 Å². The van der Waals surface area contributed by atoms with E-state index in [-0.39, 0.29) is 6.61 Å². The van der Waals surface area contributed by atoms with Gasteiger partial charge in [-0.1, -0.05) is 30.3 Å². The van der Waals surface area contributed by atoms with Crippen molar-refractivity contribution < 1.29 is 9.47 Å². The lowest BCUT2D eigenvalue weighted by atomic mass is 10.1. The lowest BCUT2D eigenvalue weighted by Crippen LogP contribution is -1.97. The lowest BCUT2D eigenvalue weighted by Gasteiger charge is -2.09. The quantitative estimate of drug-likeness (QED) is 0.369. The molecule has 0 aliphatic heterocycles. The maximum Gasteiger partial charge on any atom is 0.174 e. The molecular weight excluding hydrogens is 420 g/mol. The van der Waals surface area contributed by atoms with Crippen molar-refractivity contribution >= 4 is 44.2 Å². The Morgan fingerprint density at radius 1 is 1.03 bits per heavy atom. The molecule has 32 heavy (non-hydrogen) atoms. The minimum atomic E-state index is -0.0402. The second kappa shape index (κ2) is 8.53. The first-order valence-electron chi connectivity index (χ1n) is 9.96. The van der Waals surface area contributed by atoms with Crippen LogP contribution in [0.4, 0.5) is 0 Å². The molecule has 0 bridgehead atoms. The number of para-hydroxylation sites is 3. The summed E-state index contributed by atoms with van der Waals surface area (Å²) < 4.78 is 12.0. The zero-order valence-electron chi connectivity index (χ0n) is 17.2. The molecule has 5 rings (SSSR count). The van der Waals surface area contributed by atoms with E-state index in [0.29, 0.717) is 11.5 Å². The number of benzene rings is 3. The van der Waals surface area contributed by atoms with Gasteiger partial charge >= 0.3 is 0 Å². The average molecular weight is 439 g/mol. The SMILES string of the molecule is COc1cc(/C=C(/c2nc3ccccc3[nH]2)c2nc3ccccc3s2)ccc1OCC#N. The Balaban J connectivity index is 1.65. The van der Waals surface area contributed by atoms with E-state index in [9.17, 15) is 0 Å². The summed E-state index contributed by atoms with van der Waals surface area (Å²) in [6, 6.07) is 23.6. The van der Waals surface area contributed by atoms with E-state index in [0.717, 1.165) is 43.2 Å². The number of aromatic nitrogens is 3. The van der Waals surface area contributed by atoms with Gasteiger partial charge in [0.05, 0.1) is 33.9 Å².